The number of rotatable bonds is 5. The number of hydrogen-bond donors (Lipinski definition) is 0. The standard InChI is InChI=1S/C46H28N4O/c1-3-13-31(14-4-1)44-48-45(32-15-5-2-6-16-32)50-46(49-44)33-24-22-29(23-25-33)34-17-11-18-35(28-34)41-40-37-20-9-10-21-39(37)51-43(40)38-27-26-30-12-7-8-19-36(30)42(38)47-41/h1-28H. The van der Waals surface area contributed by atoms with Crippen molar-refractivity contribution in [2.24, 2.45) is 0 Å². The molecule has 0 aliphatic heterocycles. The van der Waals surface area contributed by atoms with Crippen molar-refractivity contribution in [1.29, 1.82) is 0 Å². The van der Waals surface area contributed by atoms with E-state index in [4.69, 9.17) is 24.4 Å². The summed E-state index contributed by atoms with van der Waals surface area (Å²) in [7, 11) is 0. The third-order valence-corrected chi connectivity index (χ3v) is 9.51. The van der Waals surface area contributed by atoms with E-state index in [1.165, 1.54) is 0 Å². The molecule has 10 rings (SSSR count). The Bertz CT molecular complexity index is 2840. The summed E-state index contributed by atoms with van der Waals surface area (Å²) in [6, 6.07) is 58.0. The predicted molar refractivity (Wildman–Crippen MR) is 207 cm³/mol. The second-order valence-corrected chi connectivity index (χ2v) is 12.6. The maximum absolute atomic E-state index is 6.56. The van der Waals surface area contributed by atoms with Crippen LogP contribution >= 0.6 is 0 Å². The van der Waals surface area contributed by atoms with Crippen LogP contribution < -0.4 is 0 Å². The second kappa shape index (κ2) is 11.9. The Balaban J connectivity index is 1.09. The minimum atomic E-state index is 0.629. The van der Waals surface area contributed by atoms with E-state index in [2.05, 4.69) is 97.1 Å². The van der Waals surface area contributed by atoms with Gasteiger partial charge in [0.15, 0.2) is 17.5 Å². The quantitative estimate of drug-likeness (QED) is 0.173. The van der Waals surface area contributed by atoms with Crippen LogP contribution in [0.2, 0.25) is 0 Å². The molecule has 5 heteroatoms. The molecule has 0 amide bonds. The van der Waals surface area contributed by atoms with Gasteiger partial charge in [0.2, 0.25) is 0 Å². The molecular formula is C46H28N4O. The molecule has 0 unspecified atom stereocenters. The van der Waals surface area contributed by atoms with Crippen molar-refractivity contribution in [2.45, 2.75) is 0 Å². The molecule has 10 aromatic rings. The first-order valence-electron chi connectivity index (χ1n) is 17.0. The van der Waals surface area contributed by atoms with E-state index < -0.39 is 0 Å². The zero-order chi connectivity index (χ0) is 33.7. The topological polar surface area (TPSA) is 64.7 Å². The van der Waals surface area contributed by atoms with Crippen LogP contribution in [0, 0.1) is 0 Å². The lowest BCUT2D eigenvalue weighted by molar-refractivity contribution is 0.672. The van der Waals surface area contributed by atoms with Gasteiger partial charge in [0.25, 0.3) is 0 Å². The first kappa shape index (κ1) is 29.0. The van der Waals surface area contributed by atoms with Crippen LogP contribution in [-0.2, 0) is 0 Å². The molecule has 0 aliphatic rings. The summed E-state index contributed by atoms with van der Waals surface area (Å²) in [6.07, 6.45) is 0. The molecule has 0 spiro atoms. The van der Waals surface area contributed by atoms with Gasteiger partial charge in [-0.3, -0.25) is 0 Å². The van der Waals surface area contributed by atoms with Gasteiger partial charge in [-0.05, 0) is 34.7 Å². The van der Waals surface area contributed by atoms with Crippen molar-refractivity contribution >= 4 is 43.6 Å². The lowest BCUT2D eigenvalue weighted by atomic mass is 9.97. The fourth-order valence-corrected chi connectivity index (χ4v) is 7.00. The van der Waals surface area contributed by atoms with Gasteiger partial charge >= 0.3 is 0 Å². The van der Waals surface area contributed by atoms with Gasteiger partial charge in [-0.15, -0.1) is 0 Å². The summed E-state index contributed by atoms with van der Waals surface area (Å²) >= 11 is 0. The number of benzene rings is 7. The largest absolute Gasteiger partial charge is 0.455 e. The number of para-hydroxylation sites is 1. The van der Waals surface area contributed by atoms with E-state index in [-0.39, 0.29) is 0 Å². The summed E-state index contributed by atoms with van der Waals surface area (Å²) in [5.41, 5.74) is 9.57. The van der Waals surface area contributed by atoms with Gasteiger partial charge in [-0.2, -0.15) is 0 Å². The Morgan fingerprint density at radius 3 is 1.61 bits per heavy atom. The van der Waals surface area contributed by atoms with E-state index >= 15 is 0 Å². The lowest BCUT2D eigenvalue weighted by Crippen LogP contribution is -2.00. The molecule has 238 valence electrons. The van der Waals surface area contributed by atoms with Gasteiger partial charge in [-0.25, -0.2) is 19.9 Å². The van der Waals surface area contributed by atoms with Gasteiger partial charge < -0.3 is 4.42 Å². The number of furan rings is 1. The zero-order valence-electron chi connectivity index (χ0n) is 27.4. The fourth-order valence-electron chi connectivity index (χ4n) is 7.00. The first-order valence-corrected chi connectivity index (χ1v) is 17.0. The molecule has 0 saturated heterocycles. The number of nitrogens with zero attached hydrogens (tertiary/aromatic N) is 4. The maximum Gasteiger partial charge on any atom is 0.164 e. The minimum Gasteiger partial charge on any atom is -0.455 e. The van der Waals surface area contributed by atoms with Crippen molar-refractivity contribution < 1.29 is 4.42 Å². The zero-order valence-corrected chi connectivity index (χ0v) is 27.4. The third-order valence-electron chi connectivity index (χ3n) is 9.51. The van der Waals surface area contributed by atoms with Crippen LogP contribution in [0.3, 0.4) is 0 Å². The number of pyridine rings is 1. The normalized spacial score (nSPS) is 11.5. The molecule has 7 aromatic carbocycles. The minimum absolute atomic E-state index is 0.629. The molecule has 0 bridgehead atoms. The highest BCUT2D eigenvalue weighted by molar-refractivity contribution is 6.22. The monoisotopic (exact) mass is 652 g/mol. The summed E-state index contributed by atoms with van der Waals surface area (Å²) in [4.78, 5) is 20.1. The highest BCUT2D eigenvalue weighted by Crippen LogP contribution is 2.41. The van der Waals surface area contributed by atoms with E-state index in [1.807, 2.05) is 72.8 Å². The maximum atomic E-state index is 6.56. The number of hydrogen-bond acceptors (Lipinski definition) is 5. The third kappa shape index (κ3) is 5.03. The van der Waals surface area contributed by atoms with E-state index in [9.17, 15) is 0 Å². The average Bonchev–Trinajstić information content (AvgIpc) is 3.61. The van der Waals surface area contributed by atoms with E-state index in [1.54, 1.807) is 0 Å². The molecule has 0 atom stereocenters. The molecule has 0 aliphatic carbocycles. The Morgan fingerprint density at radius 2 is 0.902 bits per heavy atom. The smallest absolute Gasteiger partial charge is 0.164 e. The number of fused-ring (bicyclic) bond motifs is 7. The van der Waals surface area contributed by atoms with E-state index in [0.717, 1.165) is 82.7 Å². The van der Waals surface area contributed by atoms with Gasteiger partial charge in [0.05, 0.1) is 16.6 Å². The Hall–Kier alpha value is -6.98. The van der Waals surface area contributed by atoms with E-state index in [0.29, 0.717) is 17.5 Å². The molecule has 5 nitrogen and oxygen atoms in total. The molecule has 0 saturated carbocycles. The molecule has 51 heavy (non-hydrogen) atoms. The van der Waals surface area contributed by atoms with Crippen LogP contribution in [0.25, 0.3) is 100 Å². The predicted octanol–water partition coefficient (Wildman–Crippen LogP) is 11.8. The summed E-state index contributed by atoms with van der Waals surface area (Å²) < 4.78 is 6.56. The van der Waals surface area contributed by atoms with Crippen molar-refractivity contribution in [3.8, 4) is 56.5 Å². The summed E-state index contributed by atoms with van der Waals surface area (Å²) in [5, 5.41) is 5.35. The molecule has 3 heterocycles. The lowest BCUT2D eigenvalue weighted by Gasteiger charge is -2.11. The van der Waals surface area contributed by atoms with Gasteiger partial charge in [0.1, 0.15) is 11.2 Å². The average molecular weight is 653 g/mol. The molecule has 0 fully saturated rings. The van der Waals surface area contributed by atoms with Crippen LogP contribution in [0.5, 0.6) is 0 Å². The van der Waals surface area contributed by atoms with Crippen molar-refractivity contribution in [1.82, 2.24) is 19.9 Å². The Kier molecular flexibility index (Phi) is 6.74. The Labute approximate surface area is 293 Å². The summed E-state index contributed by atoms with van der Waals surface area (Å²) in [6.45, 7) is 0. The number of aromatic nitrogens is 4. The highest BCUT2D eigenvalue weighted by atomic mass is 16.3. The SMILES string of the molecule is c1ccc(-c2nc(-c3ccccc3)nc(-c3ccc(-c4cccc(-c5nc6c7ccccc7ccc6c6oc7ccccc7c56)c4)cc3)n2)cc1. The first-order chi connectivity index (χ1) is 25.3. The van der Waals surface area contributed by atoms with Gasteiger partial charge in [0, 0.05) is 38.4 Å². The Morgan fingerprint density at radius 1 is 0.353 bits per heavy atom. The molecule has 0 N–H and O–H groups in total. The molecule has 3 aromatic heterocycles. The molecule has 0 radical (unpaired) electrons. The fraction of sp³-hybridized carbons (Fsp3) is 0. The van der Waals surface area contributed by atoms with Gasteiger partial charge in [-0.1, -0.05) is 152 Å². The van der Waals surface area contributed by atoms with Crippen LogP contribution in [0.15, 0.2) is 174 Å². The van der Waals surface area contributed by atoms with Crippen LogP contribution in [-0.4, -0.2) is 19.9 Å². The summed E-state index contributed by atoms with van der Waals surface area (Å²) in [5.74, 6) is 1.92. The van der Waals surface area contributed by atoms with Crippen LogP contribution in [0.4, 0.5) is 0 Å². The van der Waals surface area contributed by atoms with Crippen molar-refractivity contribution in [2.75, 3.05) is 0 Å². The second-order valence-electron chi connectivity index (χ2n) is 12.6. The van der Waals surface area contributed by atoms with Crippen molar-refractivity contribution in [3.63, 3.8) is 0 Å². The van der Waals surface area contributed by atoms with Crippen LogP contribution in [0.1, 0.15) is 0 Å². The molecular weight excluding hydrogens is 625 g/mol. The highest BCUT2D eigenvalue weighted by Gasteiger charge is 2.19. The van der Waals surface area contributed by atoms with Crippen molar-refractivity contribution in [3.05, 3.63) is 170 Å².